The molecule has 0 saturated carbocycles. The van der Waals surface area contributed by atoms with Crippen LogP contribution in [0.1, 0.15) is 46.1 Å². The predicted octanol–water partition coefficient (Wildman–Crippen LogP) is 3.24. The summed E-state index contributed by atoms with van der Waals surface area (Å²) in [7, 11) is 0. The lowest BCUT2D eigenvalue weighted by atomic mass is 10.0. The van der Waals surface area contributed by atoms with E-state index in [1.165, 1.54) is 0 Å². The van der Waals surface area contributed by atoms with Gasteiger partial charge in [0.15, 0.2) is 0 Å². The van der Waals surface area contributed by atoms with Crippen molar-refractivity contribution in [2.75, 3.05) is 0 Å². The lowest BCUT2D eigenvalue weighted by Crippen LogP contribution is -2.32. The third-order valence-corrected chi connectivity index (χ3v) is 2.95. The third kappa shape index (κ3) is 2.61. The smallest absolute Gasteiger partial charge is 0.423 e. The molecule has 1 aromatic heterocycles. The quantitative estimate of drug-likeness (QED) is 0.869. The second-order valence-electron chi connectivity index (χ2n) is 6.14. The van der Waals surface area contributed by atoms with Crippen molar-refractivity contribution in [3.05, 3.63) is 34.2 Å². The minimum Gasteiger partial charge on any atom is -0.443 e. The molecule has 0 fully saturated rings. The number of H-pyrrole nitrogens is 1. The van der Waals surface area contributed by atoms with Gasteiger partial charge in [-0.25, -0.2) is 9.59 Å². The van der Waals surface area contributed by atoms with Crippen LogP contribution < -0.4 is 5.69 Å². The van der Waals surface area contributed by atoms with E-state index >= 15 is 0 Å². The number of aromatic amines is 1. The normalized spacial score (nSPS) is 12.1. The molecule has 108 valence electrons. The van der Waals surface area contributed by atoms with Gasteiger partial charge in [0, 0.05) is 0 Å². The Morgan fingerprint density at radius 2 is 1.95 bits per heavy atom. The standard InChI is InChI=1S/C15H20N2O3/c1-9(2)10-7-6-8-11-12(10)16-13(18)17(11)14(19)20-15(3,4)5/h6-9H,1-5H3,(H,16,18). The topological polar surface area (TPSA) is 64.1 Å². The van der Waals surface area contributed by atoms with Crippen LogP contribution in [0.15, 0.2) is 23.0 Å². The number of carbonyl (C=O) groups excluding carboxylic acids is 1. The number of hydrogen-bond donors (Lipinski definition) is 1. The second-order valence-corrected chi connectivity index (χ2v) is 6.14. The number of carbonyl (C=O) groups is 1. The van der Waals surface area contributed by atoms with Crippen LogP contribution in [-0.2, 0) is 4.74 Å². The highest BCUT2D eigenvalue weighted by atomic mass is 16.6. The molecular formula is C15H20N2O3. The van der Waals surface area contributed by atoms with Crippen LogP contribution in [0, 0.1) is 0 Å². The molecule has 1 aromatic carbocycles. The first-order valence-corrected chi connectivity index (χ1v) is 6.67. The van der Waals surface area contributed by atoms with Gasteiger partial charge < -0.3 is 9.72 Å². The molecule has 2 rings (SSSR count). The van der Waals surface area contributed by atoms with Gasteiger partial charge in [-0.15, -0.1) is 0 Å². The fraction of sp³-hybridized carbons (Fsp3) is 0.467. The average molecular weight is 276 g/mol. The van der Waals surface area contributed by atoms with E-state index in [1.807, 2.05) is 26.0 Å². The van der Waals surface area contributed by atoms with Crippen molar-refractivity contribution < 1.29 is 9.53 Å². The van der Waals surface area contributed by atoms with Gasteiger partial charge in [-0.05, 0) is 38.3 Å². The highest BCUT2D eigenvalue weighted by Gasteiger charge is 2.22. The summed E-state index contributed by atoms with van der Waals surface area (Å²) >= 11 is 0. The zero-order valence-electron chi connectivity index (χ0n) is 12.5. The van der Waals surface area contributed by atoms with E-state index in [0.29, 0.717) is 11.0 Å². The minimum atomic E-state index is -0.658. The monoisotopic (exact) mass is 276 g/mol. The molecule has 0 spiro atoms. The minimum absolute atomic E-state index is 0.254. The molecule has 2 aromatic rings. The summed E-state index contributed by atoms with van der Waals surface area (Å²) in [6.07, 6.45) is -0.658. The fourth-order valence-corrected chi connectivity index (χ4v) is 2.12. The van der Waals surface area contributed by atoms with Crippen molar-refractivity contribution in [1.82, 2.24) is 9.55 Å². The number of fused-ring (bicyclic) bond motifs is 1. The van der Waals surface area contributed by atoms with Gasteiger partial charge in [0.1, 0.15) is 5.60 Å². The largest absolute Gasteiger partial charge is 0.443 e. The van der Waals surface area contributed by atoms with Gasteiger partial charge in [0.2, 0.25) is 0 Å². The first kappa shape index (κ1) is 14.4. The zero-order valence-corrected chi connectivity index (χ0v) is 12.5. The molecule has 0 aliphatic carbocycles. The lowest BCUT2D eigenvalue weighted by molar-refractivity contribution is 0.0538. The van der Waals surface area contributed by atoms with E-state index in [9.17, 15) is 9.59 Å². The number of nitrogens with zero attached hydrogens (tertiary/aromatic N) is 1. The van der Waals surface area contributed by atoms with E-state index < -0.39 is 17.4 Å². The van der Waals surface area contributed by atoms with Crippen LogP contribution in [-0.4, -0.2) is 21.2 Å². The van der Waals surface area contributed by atoms with E-state index in [-0.39, 0.29) is 5.92 Å². The number of benzene rings is 1. The maximum atomic E-state index is 12.2. The van der Waals surface area contributed by atoms with Crippen molar-refractivity contribution in [2.24, 2.45) is 0 Å². The summed E-state index contributed by atoms with van der Waals surface area (Å²) in [5.74, 6) is 0.254. The Hall–Kier alpha value is -2.04. The summed E-state index contributed by atoms with van der Waals surface area (Å²) in [5.41, 5.74) is 1.13. The first-order valence-electron chi connectivity index (χ1n) is 6.67. The van der Waals surface area contributed by atoms with Crippen molar-refractivity contribution >= 4 is 17.1 Å². The number of ether oxygens (including phenoxy) is 1. The Bertz CT molecular complexity index is 702. The van der Waals surface area contributed by atoms with Gasteiger partial charge in [-0.3, -0.25) is 0 Å². The van der Waals surface area contributed by atoms with Gasteiger partial charge in [0.25, 0.3) is 0 Å². The molecule has 0 amide bonds. The molecule has 0 aliphatic heterocycles. The van der Waals surface area contributed by atoms with E-state index in [4.69, 9.17) is 4.74 Å². The second kappa shape index (κ2) is 4.81. The Labute approximate surface area is 117 Å². The molecule has 0 aliphatic rings. The summed E-state index contributed by atoms with van der Waals surface area (Å²) in [6.45, 7) is 9.38. The van der Waals surface area contributed by atoms with Crippen LogP contribution in [0.2, 0.25) is 0 Å². The predicted molar refractivity (Wildman–Crippen MR) is 78.3 cm³/mol. The highest BCUT2D eigenvalue weighted by Crippen LogP contribution is 2.23. The number of nitrogens with one attached hydrogen (secondary N) is 1. The summed E-state index contributed by atoms with van der Waals surface area (Å²) < 4.78 is 6.32. The van der Waals surface area contributed by atoms with Crippen LogP contribution in [0.4, 0.5) is 4.79 Å². The van der Waals surface area contributed by atoms with Gasteiger partial charge in [0.05, 0.1) is 11.0 Å². The zero-order chi connectivity index (χ0) is 15.1. The van der Waals surface area contributed by atoms with Crippen molar-refractivity contribution in [2.45, 2.75) is 46.1 Å². The highest BCUT2D eigenvalue weighted by molar-refractivity contribution is 5.88. The van der Waals surface area contributed by atoms with Crippen LogP contribution >= 0.6 is 0 Å². The third-order valence-electron chi connectivity index (χ3n) is 2.95. The maximum absolute atomic E-state index is 12.2. The Morgan fingerprint density at radius 1 is 1.30 bits per heavy atom. The molecule has 0 unspecified atom stereocenters. The number of para-hydroxylation sites is 1. The Balaban J connectivity index is 2.61. The number of imidazole rings is 1. The average Bonchev–Trinajstić information content (AvgIpc) is 2.61. The fourth-order valence-electron chi connectivity index (χ4n) is 2.12. The molecule has 0 saturated heterocycles. The lowest BCUT2D eigenvalue weighted by Gasteiger charge is -2.19. The number of rotatable bonds is 1. The molecule has 5 heteroatoms. The molecule has 1 N–H and O–H groups in total. The molecule has 5 nitrogen and oxygen atoms in total. The summed E-state index contributed by atoms with van der Waals surface area (Å²) in [6, 6.07) is 5.53. The van der Waals surface area contributed by atoms with E-state index in [2.05, 4.69) is 4.98 Å². The first-order chi connectivity index (χ1) is 9.20. The molecule has 1 heterocycles. The summed E-state index contributed by atoms with van der Waals surface area (Å²) in [4.78, 5) is 27.0. The van der Waals surface area contributed by atoms with Crippen molar-refractivity contribution in [3.8, 4) is 0 Å². The Kier molecular flexibility index (Phi) is 3.46. The number of hydrogen-bond acceptors (Lipinski definition) is 3. The van der Waals surface area contributed by atoms with E-state index in [0.717, 1.165) is 10.1 Å². The number of aromatic nitrogens is 2. The molecule has 0 radical (unpaired) electrons. The van der Waals surface area contributed by atoms with Crippen molar-refractivity contribution in [1.29, 1.82) is 0 Å². The maximum Gasteiger partial charge on any atom is 0.423 e. The molecule has 0 bridgehead atoms. The molecular weight excluding hydrogens is 256 g/mol. The van der Waals surface area contributed by atoms with Crippen LogP contribution in [0.3, 0.4) is 0 Å². The van der Waals surface area contributed by atoms with Crippen LogP contribution in [0.25, 0.3) is 11.0 Å². The molecule has 20 heavy (non-hydrogen) atoms. The SMILES string of the molecule is CC(C)c1cccc2c1[nH]c(=O)n2C(=O)OC(C)(C)C. The van der Waals surface area contributed by atoms with Crippen molar-refractivity contribution in [3.63, 3.8) is 0 Å². The van der Waals surface area contributed by atoms with Gasteiger partial charge in [-0.1, -0.05) is 26.0 Å². The Morgan fingerprint density at radius 3 is 2.50 bits per heavy atom. The van der Waals surface area contributed by atoms with E-state index in [1.54, 1.807) is 26.8 Å². The summed E-state index contributed by atoms with van der Waals surface area (Å²) in [5, 5.41) is 0. The van der Waals surface area contributed by atoms with Gasteiger partial charge >= 0.3 is 11.8 Å². The van der Waals surface area contributed by atoms with Gasteiger partial charge in [-0.2, -0.15) is 4.57 Å². The molecule has 0 atom stereocenters. The van der Waals surface area contributed by atoms with Crippen LogP contribution in [0.5, 0.6) is 0 Å².